The molecule has 9 aromatic rings. The molecular weight excluding hydrogens is 711 g/mol. The quantitative estimate of drug-likeness (QED) is 0.163. The van der Waals surface area contributed by atoms with Crippen molar-refractivity contribution in [2.45, 2.75) is 39.0 Å². The van der Waals surface area contributed by atoms with Gasteiger partial charge in [-0.15, -0.1) is 0 Å². The fourth-order valence-electron chi connectivity index (χ4n) is 9.98. The lowest BCUT2D eigenvalue weighted by Crippen LogP contribution is -2.16. The van der Waals surface area contributed by atoms with E-state index in [1.54, 1.807) is 0 Å². The van der Waals surface area contributed by atoms with Gasteiger partial charge in [-0.25, -0.2) is 0 Å². The number of fused-ring (bicyclic) bond motifs is 7. The van der Waals surface area contributed by atoms with Crippen LogP contribution in [0.1, 0.15) is 41.7 Å². The Morgan fingerprint density at radius 1 is 0.356 bits per heavy atom. The molecule has 1 heteroatoms. The minimum Gasteiger partial charge on any atom is -0.310 e. The Morgan fingerprint density at radius 2 is 0.881 bits per heavy atom. The van der Waals surface area contributed by atoms with E-state index in [2.05, 4.69) is 220 Å². The summed E-state index contributed by atoms with van der Waals surface area (Å²) in [6, 6.07) is 72.1. The predicted molar refractivity (Wildman–Crippen MR) is 250 cm³/mol. The van der Waals surface area contributed by atoms with E-state index < -0.39 is 0 Å². The first kappa shape index (κ1) is 35.2. The molecule has 0 heterocycles. The maximum absolute atomic E-state index is 2.49. The summed E-state index contributed by atoms with van der Waals surface area (Å²) in [5.41, 5.74) is 23.4. The molecular formula is C58H45N. The first-order chi connectivity index (χ1) is 28.9. The molecule has 0 radical (unpaired) electrons. The molecule has 59 heavy (non-hydrogen) atoms. The summed E-state index contributed by atoms with van der Waals surface area (Å²) >= 11 is 0. The van der Waals surface area contributed by atoms with E-state index in [0.717, 1.165) is 24.2 Å². The molecule has 282 valence electrons. The Balaban J connectivity index is 0.934. The van der Waals surface area contributed by atoms with Gasteiger partial charge in [0.2, 0.25) is 0 Å². The van der Waals surface area contributed by atoms with Crippen LogP contribution in [0.25, 0.3) is 66.4 Å². The summed E-state index contributed by atoms with van der Waals surface area (Å²) in [7, 11) is 0. The second-order valence-corrected chi connectivity index (χ2v) is 16.9. The van der Waals surface area contributed by atoms with Crippen LogP contribution in [-0.4, -0.2) is 0 Å². The molecule has 9 aromatic carbocycles. The molecule has 0 amide bonds. The highest BCUT2D eigenvalue weighted by molar-refractivity contribution is 5.98. The Kier molecular flexibility index (Phi) is 8.27. The van der Waals surface area contributed by atoms with Gasteiger partial charge in [0.15, 0.2) is 0 Å². The summed E-state index contributed by atoms with van der Waals surface area (Å²) in [6.07, 6.45) is 2.07. The summed E-state index contributed by atoms with van der Waals surface area (Å²) in [6.45, 7) is 7.07. The van der Waals surface area contributed by atoms with Crippen LogP contribution in [0.5, 0.6) is 0 Å². The summed E-state index contributed by atoms with van der Waals surface area (Å²) in [4.78, 5) is 2.36. The molecule has 11 rings (SSSR count). The molecule has 0 spiro atoms. The van der Waals surface area contributed by atoms with Crippen LogP contribution in [0.15, 0.2) is 194 Å². The third-order valence-electron chi connectivity index (χ3n) is 13.1. The lowest BCUT2D eigenvalue weighted by atomic mass is 9.79. The van der Waals surface area contributed by atoms with E-state index in [4.69, 9.17) is 0 Å². The van der Waals surface area contributed by atoms with Crippen LogP contribution in [0.4, 0.5) is 17.1 Å². The van der Waals surface area contributed by atoms with Crippen molar-refractivity contribution in [2.75, 3.05) is 4.90 Å². The molecule has 1 nitrogen and oxygen atoms in total. The highest BCUT2D eigenvalue weighted by Gasteiger charge is 2.36. The zero-order chi connectivity index (χ0) is 39.7. The average Bonchev–Trinajstić information content (AvgIpc) is 3.51. The molecule has 0 fully saturated rings. The van der Waals surface area contributed by atoms with Crippen molar-refractivity contribution in [2.24, 2.45) is 0 Å². The SMILES string of the molecule is Cc1cc2c(cc1-c1cc3ccccc3cc1-c1ccccc1)CCc1cc(-c3ccc4c(c3)C(C)(C)c3cc(N(c5ccccc5)c5ccccc5)ccc3-4)ccc1-2. The lowest BCUT2D eigenvalue weighted by molar-refractivity contribution is 0.660. The minimum atomic E-state index is -0.149. The molecule has 0 unspecified atom stereocenters. The molecule has 2 aliphatic carbocycles. The van der Waals surface area contributed by atoms with Gasteiger partial charge in [-0.05, 0) is 169 Å². The monoisotopic (exact) mass is 755 g/mol. The normalized spacial score (nSPS) is 13.3. The van der Waals surface area contributed by atoms with Gasteiger partial charge in [-0.2, -0.15) is 0 Å². The lowest BCUT2D eigenvalue weighted by Gasteiger charge is -2.28. The number of anilines is 3. The molecule has 0 N–H and O–H groups in total. The van der Waals surface area contributed by atoms with Gasteiger partial charge in [0.25, 0.3) is 0 Å². The van der Waals surface area contributed by atoms with Crippen molar-refractivity contribution in [3.8, 4) is 55.6 Å². The van der Waals surface area contributed by atoms with Crippen LogP contribution in [0.3, 0.4) is 0 Å². The molecule has 0 aromatic heterocycles. The largest absolute Gasteiger partial charge is 0.310 e. The predicted octanol–water partition coefficient (Wildman–Crippen LogP) is 15.7. The number of hydrogen-bond donors (Lipinski definition) is 0. The maximum atomic E-state index is 2.49. The first-order valence-electron chi connectivity index (χ1n) is 21.0. The van der Waals surface area contributed by atoms with E-state index in [1.807, 2.05) is 0 Å². The summed E-state index contributed by atoms with van der Waals surface area (Å²) in [5.74, 6) is 0. The number of nitrogens with zero attached hydrogens (tertiary/aromatic N) is 1. The van der Waals surface area contributed by atoms with Crippen LogP contribution >= 0.6 is 0 Å². The molecule has 0 saturated heterocycles. The molecule has 0 atom stereocenters. The van der Waals surface area contributed by atoms with Gasteiger partial charge in [0, 0.05) is 22.5 Å². The summed E-state index contributed by atoms with van der Waals surface area (Å²) in [5, 5.41) is 2.55. The molecule has 0 bridgehead atoms. The second kappa shape index (κ2) is 13.9. The number of benzene rings is 9. The number of rotatable bonds is 6. The minimum absolute atomic E-state index is 0.149. The Morgan fingerprint density at radius 3 is 1.54 bits per heavy atom. The number of aryl methyl sites for hydroxylation is 3. The van der Waals surface area contributed by atoms with E-state index in [9.17, 15) is 0 Å². The maximum Gasteiger partial charge on any atom is 0.0465 e. The Hall–Kier alpha value is -6.96. The second-order valence-electron chi connectivity index (χ2n) is 16.9. The zero-order valence-corrected chi connectivity index (χ0v) is 33.8. The standard InChI is InChI=1S/C58H45N/c1-38-31-53-45(35-52(38)55-34-41-18-14-13-17-40(41)33-54(55)39-15-7-4-8-16-39)24-23-44-32-42(25-28-49(44)53)43-26-29-50-51-30-27-48(37-57(51)58(2,3)56(50)36-43)59(46-19-9-5-10-20-46)47-21-11-6-12-22-47/h4-22,25-37H,23-24H2,1-3H3. The summed E-state index contributed by atoms with van der Waals surface area (Å²) < 4.78 is 0. The van der Waals surface area contributed by atoms with Crippen molar-refractivity contribution in [3.63, 3.8) is 0 Å². The van der Waals surface area contributed by atoms with Crippen molar-refractivity contribution < 1.29 is 0 Å². The van der Waals surface area contributed by atoms with Gasteiger partial charge in [0.05, 0.1) is 0 Å². The topological polar surface area (TPSA) is 3.24 Å². The van der Waals surface area contributed by atoms with E-state index in [-0.39, 0.29) is 5.41 Å². The zero-order valence-electron chi connectivity index (χ0n) is 33.8. The highest BCUT2D eigenvalue weighted by Crippen LogP contribution is 2.52. The fourth-order valence-corrected chi connectivity index (χ4v) is 9.98. The van der Waals surface area contributed by atoms with Crippen LogP contribution in [0.2, 0.25) is 0 Å². The van der Waals surface area contributed by atoms with Gasteiger partial charge >= 0.3 is 0 Å². The third-order valence-corrected chi connectivity index (χ3v) is 13.1. The highest BCUT2D eigenvalue weighted by atomic mass is 15.1. The Labute approximate surface area is 347 Å². The van der Waals surface area contributed by atoms with E-state index >= 15 is 0 Å². The van der Waals surface area contributed by atoms with Crippen LogP contribution < -0.4 is 4.90 Å². The number of hydrogen-bond acceptors (Lipinski definition) is 1. The van der Waals surface area contributed by atoms with E-state index in [1.165, 1.54) is 99.9 Å². The number of para-hydroxylation sites is 2. The van der Waals surface area contributed by atoms with Crippen LogP contribution in [-0.2, 0) is 18.3 Å². The molecule has 0 aliphatic heterocycles. The Bertz CT molecular complexity index is 3030. The van der Waals surface area contributed by atoms with Crippen molar-refractivity contribution >= 4 is 27.8 Å². The fraction of sp³-hybridized carbons (Fsp3) is 0.103. The average molecular weight is 756 g/mol. The van der Waals surface area contributed by atoms with Gasteiger partial charge in [-0.3, -0.25) is 0 Å². The first-order valence-corrected chi connectivity index (χ1v) is 21.0. The van der Waals surface area contributed by atoms with Crippen LogP contribution in [0, 0.1) is 6.92 Å². The van der Waals surface area contributed by atoms with Crippen molar-refractivity contribution in [1.29, 1.82) is 0 Å². The van der Waals surface area contributed by atoms with E-state index in [0.29, 0.717) is 0 Å². The van der Waals surface area contributed by atoms with Gasteiger partial charge < -0.3 is 4.90 Å². The van der Waals surface area contributed by atoms with Gasteiger partial charge in [0.1, 0.15) is 0 Å². The van der Waals surface area contributed by atoms with Crippen molar-refractivity contribution in [3.05, 3.63) is 222 Å². The molecule has 0 saturated carbocycles. The van der Waals surface area contributed by atoms with Crippen molar-refractivity contribution in [1.82, 2.24) is 0 Å². The van der Waals surface area contributed by atoms with Gasteiger partial charge in [-0.1, -0.05) is 153 Å². The third kappa shape index (κ3) is 5.92. The smallest absolute Gasteiger partial charge is 0.0465 e. The molecule has 2 aliphatic rings.